The molecule has 1 fully saturated rings. The second-order valence-corrected chi connectivity index (χ2v) is 8.16. The van der Waals surface area contributed by atoms with Gasteiger partial charge in [-0.25, -0.2) is 4.98 Å². The summed E-state index contributed by atoms with van der Waals surface area (Å²) >= 11 is 5.93. The van der Waals surface area contributed by atoms with Gasteiger partial charge in [0.25, 0.3) is 0 Å². The number of likely N-dealkylation sites (tertiary alicyclic amines) is 1. The number of nitrogens with zero attached hydrogens (tertiary/aromatic N) is 3. The van der Waals surface area contributed by atoms with Crippen LogP contribution in [-0.2, 0) is 13.0 Å². The summed E-state index contributed by atoms with van der Waals surface area (Å²) in [6.07, 6.45) is 3.29. The minimum absolute atomic E-state index is 0. The quantitative estimate of drug-likeness (QED) is 0.310. The van der Waals surface area contributed by atoms with Crippen LogP contribution >= 0.6 is 35.6 Å². The molecule has 0 unspecified atom stereocenters. The van der Waals surface area contributed by atoms with Crippen molar-refractivity contribution in [2.24, 2.45) is 10.9 Å². The van der Waals surface area contributed by atoms with Crippen LogP contribution in [0.2, 0.25) is 5.02 Å². The summed E-state index contributed by atoms with van der Waals surface area (Å²) in [5.41, 5.74) is 2.26. The maximum Gasteiger partial charge on any atom is 0.208 e. The number of aromatic nitrogens is 1. The molecule has 0 saturated carbocycles. The number of rotatable bonds is 7. The van der Waals surface area contributed by atoms with Crippen molar-refractivity contribution < 1.29 is 4.42 Å². The van der Waals surface area contributed by atoms with Gasteiger partial charge < -0.3 is 15.1 Å². The van der Waals surface area contributed by atoms with Crippen molar-refractivity contribution in [2.75, 3.05) is 33.2 Å². The van der Waals surface area contributed by atoms with E-state index in [-0.39, 0.29) is 24.0 Å². The first kappa shape index (κ1) is 24.9. The SMILES string of the molecule is CN=C(NCCc1ccc(Cl)cc1)NCC1CCN(Cc2nc(C)c(C)o2)CC1.I. The van der Waals surface area contributed by atoms with Crippen LogP contribution in [0.5, 0.6) is 0 Å². The van der Waals surface area contributed by atoms with Crippen LogP contribution in [0.1, 0.15) is 35.7 Å². The van der Waals surface area contributed by atoms with Gasteiger partial charge >= 0.3 is 0 Å². The van der Waals surface area contributed by atoms with Crippen molar-refractivity contribution in [3.8, 4) is 0 Å². The van der Waals surface area contributed by atoms with Gasteiger partial charge in [0, 0.05) is 25.2 Å². The number of aliphatic imine (C=N–C) groups is 1. The van der Waals surface area contributed by atoms with E-state index in [4.69, 9.17) is 16.0 Å². The summed E-state index contributed by atoms with van der Waals surface area (Å²) in [6.45, 7) is 8.73. The van der Waals surface area contributed by atoms with E-state index in [0.717, 1.165) is 67.5 Å². The lowest BCUT2D eigenvalue weighted by molar-refractivity contribution is 0.164. The lowest BCUT2D eigenvalue weighted by atomic mass is 9.97. The van der Waals surface area contributed by atoms with E-state index < -0.39 is 0 Å². The molecule has 0 aliphatic carbocycles. The van der Waals surface area contributed by atoms with Crippen molar-refractivity contribution in [1.29, 1.82) is 0 Å². The summed E-state index contributed by atoms with van der Waals surface area (Å²) in [5, 5.41) is 7.65. The van der Waals surface area contributed by atoms with Crippen LogP contribution in [-0.4, -0.2) is 49.1 Å². The molecular formula is C22H33ClIN5O. The highest BCUT2D eigenvalue weighted by Crippen LogP contribution is 2.19. The number of nitrogens with one attached hydrogen (secondary N) is 2. The maximum absolute atomic E-state index is 5.93. The summed E-state index contributed by atoms with van der Waals surface area (Å²) in [6, 6.07) is 7.99. The highest BCUT2D eigenvalue weighted by Gasteiger charge is 2.21. The molecule has 1 aliphatic heterocycles. The van der Waals surface area contributed by atoms with E-state index >= 15 is 0 Å². The number of oxazole rings is 1. The van der Waals surface area contributed by atoms with Gasteiger partial charge in [-0.05, 0) is 69.8 Å². The molecule has 0 bridgehead atoms. The Labute approximate surface area is 201 Å². The first-order valence-corrected chi connectivity index (χ1v) is 10.8. The first-order chi connectivity index (χ1) is 14.0. The van der Waals surface area contributed by atoms with E-state index in [1.807, 2.05) is 33.0 Å². The fourth-order valence-electron chi connectivity index (χ4n) is 3.58. The summed E-state index contributed by atoms with van der Waals surface area (Å²) in [7, 11) is 1.82. The second-order valence-electron chi connectivity index (χ2n) is 7.73. The van der Waals surface area contributed by atoms with Gasteiger partial charge in [-0.3, -0.25) is 9.89 Å². The third kappa shape index (κ3) is 7.74. The van der Waals surface area contributed by atoms with Crippen molar-refractivity contribution >= 4 is 41.5 Å². The Morgan fingerprint density at radius 2 is 1.90 bits per heavy atom. The Morgan fingerprint density at radius 1 is 1.20 bits per heavy atom. The summed E-state index contributed by atoms with van der Waals surface area (Å²) in [5.74, 6) is 3.29. The van der Waals surface area contributed by atoms with E-state index in [2.05, 4.69) is 37.6 Å². The number of aryl methyl sites for hydroxylation is 2. The third-order valence-electron chi connectivity index (χ3n) is 5.54. The number of piperidine rings is 1. The third-order valence-corrected chi connectivity index (χ3v) is 5.79. The van der Waals surface area contributed by atoms with E-state index in [1.165, 1.54) is 18.4 Å². The van der Waals surface area contributed by atoms with Crippen LogP contribution < -0.4 is 10.6 Å². The highest BCUT2D eigenvalue weighted by molar-refractivity contribution is 14.0. The lowest BCUT2D eigenvalue weighted by Gasteiger charge is -2.31. The second kappa shape index (κ2) is 12.5. The topological polar surface area (TPSA) is 65.7 Å². The maximum atomic E-state index is 5.93. The molecule has 0 spiro atoms. The van der Waals surface area contributed by atoms with Crippen LogP contribution in [0.25, 0.3) is 0 Å². The molecule has 2 aromatic rings. The molecular weight excluding hydrogens is 513 g/mol. The molecule has 30 heavy (non-hydrogen) atoms. The zero-order valence-corrected chi connectivity index (χ0v) is 21.2. The van der Waals surface area contributed by atoms with Gasteiger partial charge in [0.15, 0.2) is 5.96 Å². The number of hydrogen-bond donors (Lipinski definition) is 2. The Kier molecular flexibility index (Phi) is 10.4. The number of guanidine groups is 1. The molecule has 166 valence electrons. The smallest absolute Gasteiger partial charge is 0.208 e. The minimum atomic E-state index is 0. The van der Waals surface area contributed by atoms with E-state index in [1.54, 1.807) is 0 Å². The molecule has 1 aliphatic rings. The molecule has 1 saturated heterocycles. The normalized spacial score (nSPS) is 15.7. The highest BCUT2D eigenvalue weighted by atomic mass is 127. The van der Waals surface area contributed by atoms with Gasteiger partial charge in [0.05, 0.1) is 12.2 Å². The van der Waals surface area contributed by atoms with Gasteiger partial charge in [-0.2, -0.15) is 0 Å². The Balaban J connectivity index is 0.00000320. The van der Waals surface area contributed by atoms with Crippen molar-refractivity contribution in [1.82, 2.24) is 20.5 Å². The molecule has 0 atom stereocenters. The minimum Gasteiger partial charge on any atom is -0.444 e. The summed E-state index contributed by atoms with van der Waals surface area (Å²) in [4.78, 5) is 11.3. The number of hydrogen-bond acceptors (Lipinski definition) is 4. The average Bonchev–Trinajstić information content (AvgIpc) is 3.04. The Hall–Kier alpha value is -1.32. The number of halogens is 2. The Bertz CT molecular complexity index is 781. The molecule has 0 amide bonds. The fourth-order valence-corrected chi connectivity index (χ4v) is 3.71. The van der Waals surface area contributed by atoms with Gasteiger partial charge in [0.2, 0.25) is 5.89 Å². The first-order valence-electron chi connectivity index (χ1n) is 10.4. The predicted molar refractivity (Wildman–Crippen MR) is 134 cm³/mol. The van der Waals surface area contributed by atoms with E-state index in [9.17, 15) is 0 Å². The standard InChI is InChI=1S/C22H32ClN5O.HI/c1-16-17(2)29-21(27-16)15-28-12-9-19(10-13-28)14-26-22(24-3)25-11-8-18-4-6-20(23)7-5-18;/h4-7,19H,8-15H2,1-3H3,(H2,24,25,26);1H. The molecule has 2 heterocycles. The lowest BCUT2D eigenvalue weighted by Crippen LogP contribution is -2.43. The van der Waals surface area contributed by atoms with Gasteiger partial charge in [-0.1, -0.05) is 23.7 Å². The zero-order chi connectivity index (χ0) is 20.6. The van der Waals surface area contributed by atoms with Gasteiger partial charge in [0.1, 0.15) is 5.76 Å². The van der Waals surface area contributed by atoms with E-state index in [0.29, 0.717) is 5.92 Å². The van der Waals surface area contributed by atoms with Crippen LogP contribution in [0.4, 0.5) is 0 Å². The van der Waals surface area contributed by atoms with Crippen molar-refractivity contribution in [2.45, 2.75) is 39.7 Å². The molecule has 6 nitrogen and oxygen atoms in total. The van der Waals surface area contributed by atoms with Crippen LogP contribution in [0, 0.1) is 19.8 Å². The molecule has 2 N–H and O–H groups in total. The largest absolute Gasteiger partial charge is 0.444 e. The molecule has 3 rings (SSSR count). The summed E-state index contributed by atoms with van der Waals surface area (Å²) < 4.78 is 5.72. The van der Waals surface area contributed by atoms with Crippen LogP contribution in [0.15, 0.2) is 33.7 Å². The van der Waals surface area contributed by atoms with Crippen molar-refractivity contribution in [3.05, 3.63) is 52.2 Å². The van der Waals surface area contributed by atoms with Gasteiger partial charge in [-0.15, -0.1) is 24.0 Å². The monoisotopic (exact) mass is 545 g/mol. The Morgan fingerprint density at radius 3 is 2.50 bits per heavy atom. The van der Waals surface area contributed by atoms with Crippen LogP contribution in [0.3, 0.4) is 0 Å². The van der Waals surface area contributed by atoms with Crippen molar-refractivity contribution in [3.63, 3.8) is 0 Å². The average molecular weight is 546 g/mol. The number of benzene rings is 1. The zero-order valence-electron chi connectivity index (χ0n) is 18.1. The molecule has 8 heteroatoms. The molecule has 0 radical (unpaired) electrons. The fraction of sp³-hybridized carbons (Fsp3) is 0.545. The predicted octanol–water partition coefficient (Wildman–Crippen LogP) is 4.18. The molecule has 1 aromatic carbocycles. The molecule has 1 aromatic heterocycles.